The van der Waals surface area contributed by atoms with Gasteiger partial charge in [-0.2, -0.15) is 0 Å². The van der Waals surface area contributed by atoms with Gasteiger partial charge in [-0.15, -0.1) is 0 Å². The Kier molecular flexibility index (Phi) is 4.78. The van der Waals surface area contributed by atoms with E-state index < -0.39 is 5.60 Å². The summed E-state index contributed by atoms with van der Waals surface area (Å²) in [6.07, 6.45) is 1.64. The van der Waals surface area contributed by atoms with Crippen molar-refractivity contribution in [1.29, 1.82) is 0 Å². The van der Waals surface area contributed by atoms with Gasteiger partial charge in [0, 0.05) is 12.1 Å². The lowest BCUT2D eigenvalue weighted by Gasteiger charge is -2.40. The van der Waals surface area contributed by atoms with Crippen LogP contribution in [0, 0.1) is 0 Å². The van der Waals surface area contributed by atoms with E-state index in [4.69, 9.17) is 0 Å². The maximum atomic E-state index is 13.2. The van der Waals surface area contributed by atoms with Crippen LogP contribution in [-0.2, 0) is 5.60 Å². The van der Waals surface area contributed by atoms with Crippen LogP contribution in [0.1, 0.15) is 34.3 Å². The minimum Gasteiger partial charge on any atom is -0.378 e. The molecule has 1 atom stereocenters. The number of amides is 1. The zero-order valence-electron chi connectivity index (χ0n) is 15.2. The standard InChI is InChI=1S/C24H23NO2/c26-23(19-11-4-1-5-12-19)25-18-10-17-22(25)24(27,20-13-6-2-7-14-20)21-15-8-3-9-16-21/h1-9,11-16,22,27H,10,17-18H2/t22-/m0/s1. The van der Waals surface area contributed by atoms with Gasteiger partial charge in [-0.1, -0.05) is 78.9 Å². The second kappa shape index (κ2) is 7.37. The number of carbonyl (C=O) groups is 1. The molecule has 1 fully saturated rings. The Hall–Kier alpha value is -2.91. The molecule has 0 radical (unpaired) electrons. The highest BCUT2D eigenvalue weighted by Crippen LogP contribution is 2.40. The smallest absolute Gasteiger partial charge is 0.254 e. The van der Waals surface area contributed by atoms with Crippen LogP contribution in [0.25, 0.3) is 0 Å². The van der Waals surface area contributed by atoms with Crippen LogP contribution in [0.3, 0.4) is 0 Å². The van der Waals surface area contributed by atoms with Crippen LogP contribution in [-0.4, -0.2) is 28.5 Å². The lowest BCUT2D eigenvalue weighted by molar-refractivity contribution is -0.000719. The molecule has 1 amide bonds. The average Bonchev–Trinajstić information content (AvgIpc) is 3.25. The number of likely N-dealkylation sites (tertiary alicyclic amines) is 1. The summed E-state index contributed by atoms with van der Waals surface area (Å²) in [6.45, 7) is 0.653. The molecule has 0 bridgehead atoms. The van der Waals surface area contributed by atoms with E-state index in [9.17, 15) is 9.90 Å². The van der Waals surface area contributed by atoms with Crippen LogP contribution >= 0.6 is 0 Å². The van der Waals surface area contributed by atoms with Gasteiger partial charge in [0.2, 0.25) is 0 Å². The number of carbonyl (C=O) groups excluding carboxylic acids is 1. The van der Waals surface area contributed by atoms with Crippen LogP contribution < -0.4 is 0 Å². The van der Waals surface area contributed by atoms with Crippen molar-refractivity contribution >= 4 is 5.91 Å². The predicted octanol–water partition coefficient (Wildman–Crippen LogP) is 4.23. The number of nitrogens with zero attached hydrogens (tertiary/aromatic N) is 1. The average molecular weight is 357 g/mol. The van der Waals surface area contributed by atoms with Crippen LogP contribution in [0.2, 0.25) is 0 Å². The molecule has 1 aliphatic rings. The summed E-state index contributed by atoms with van der Waals surface area (Å²) >= 11 is 0. The molecular weight excluding hydrogens is 334 g/mol. The number of hydrogen-bond donors (Lipinski definition) is 1. The first-order valence-corrected chi connectivity index (χ1v) is 9.40. The van der Waals surface area contributed by atoms with Gasteiger partial charge in [0.15, 0.2) is 0 Å². The number of hydrogen-bond acceptors (Lipinski definition) is 2. The minimum absolute atomic E-state index is 0.0246. The molecule has 1 N–H and O–H groups in total. The summed E-state index contributed by atoms with van der Waals surface area (Å²) in [6, 6.07) is 28.4. The maximum absolute atomic E-state index is 13.2. The van der Waals surface area contributed by atoms with E-state index >= 15 is 0 Å². The van der Waals surface area contributed by atoms with Crippen molar-refractivity contribution in [3.05, 3.63) is 108 Å². The molecule has 0 saturated carbocycles. The highest BCUT2D eigenvalue weighted by molar-refractivity contribution is 5.94. The Morgan fingerprint density at radius 1 is 0.815 bits per heavy atom. The van der Waals surface area contributed by atoms with Gasteiger partial charge in [0.1, 0.15) is 5.60 Å². The lowest BCUT2D eigenvalue weighted by Crippen LogP contribution is -2.50. The number of benzene rings is 3. The van der Waals surface area contributed by atoms with Gasteiger partial charge in [0.05, 0.1) is 6.04 Å². The maximum Gasteiger partial charge on any atom is 0.254 e. The van der Waals surface area contributed by atoms with Crippen molar-refractivity contribution in [3.8, 4) is 0 Å². The Morgan fingerprint density at radius 3 is 1.81 bits per heavy atom. The first kappa shape index (κ1) is 17.5. The summed E-state index contributed by atoms with van der Waals surface area (Å²) in [4.78, 5) is 15.0. The molecule has 27 heavy (non-hydrogen) atoms. The second-order valence-electron chi connectivity index (χ2n) is 7.02. The summed E-state index contributed by atoms with van der Waals surface area (Å²) < 4.78 is 0. The van der Waals surface area contributed by atoms with Crippen molar-refractivity contribution in [3.63, 3.8) is 0 Å². The highest BCUT2D eigenvalue weighted by atomic mass is 16.3. The first-order valence-electron chi connectivity index (χ1n) is 9.40. The summed E-state index contributed by atoms with van der Waals surface area (Å²) in [7, 11) is 0. The SMILES string of the molecule is O=C(c1ccccc1)N1CCC[C@H]1C(O)(c1ccccc1)c1ccccc1. The molecule has 0 spiro atoms. The van der Waals surface area contributed by atoms with Crippen molar-refractivity contribution in [2.45, 2.75) is 24.5 Å². The lowest BCUT2D eigenvalue weighted by atomic mass is 9.79. The van der Waals surface area contributed by atoms with Crippen LogP contribution in [0.4, 0.5) is 0 Å². The first-order chi connectivity index (χ1) is 13.2. The Morgan fingerprint density at radius 2 is 1.30 bits per heavy atom. The van der Waals surface area contributed by atoms with Gasteiger partial charge >= 0.3 is 0 Å². The molecule has 0 unspecified atom stereocenters. The quantitative estimate of drug-likeness (QED) is 0.759. The molecule has 4 rings (SSSR count). The van der Waals surface area contributed by atoms with Crippen molar-refractivity contribution in [1.82, 2.24) is 4.90 Å². The molecular formula is C24H23NO2. The third kappa shape index (κ3) is 3.15. The van der Waals surface area contributed by atoms with Gasteiger partial charge in [-0.3, -0.25) is 4.79 Å². The molecule has 1 heterocycles. The summed E-state index contributed by atoms with van der Waals surface area (Å²) in [5.74, 6) is -0.0246. The third-order valence-electron chi connectivity index (χ3n) is 5.44. The van der Waals surface area contributed by atoms with E-state index in [0.717, 1.165) is 24.0 Å². The van der Waals surface area contributed by atoms with E-state index in [1.54, 1.807) is 0 Å². The Balaban J connectivity index is 1.79. The van der Waals surface area contributed by atoms with Crippen molar-refractivity contribution in [2.24, 2.45) is 0 Å². The van der Waals surface area contributed by atoms with Crippen LogP contribution in [0.5, 0.6) is 0 Å². The number of rotatable bonds is 4. The van der Waals surface area contributed by atoms with Gasteiger partial charge in [0.25, 0.3) is 5.91 Å². The zero-order chi connectivity index (χ0) is 18.7. The minimum atomic E-state index is -1.25. The summed E-state index contributed by atoms with van der Waals surface area (Å²) in [5.41, 5.74) is 1.04. The van der Waals surface area contributed by atoms with E-state index in [-0.39, 0.29) is 11.9 Å². The third-order valence-corrected chi connectivity index (χ3v) is 5.44. The van der Waals surface area contributed by atoms with Crippen molar-refractivity contribution in [2.75, 3.05) is 6.54 Å². The Labute approximate surface area is 159 Å². The molecule has 1 saturated heterocycles. The van der Waals surface area contributed by atoms with E-state index in [0.29, 0.717) is 12.1 Å². The van der Waals surface area contributed by atoms with Crippen molar-refractivity contribution < 1.29 is 9.90 Å². The largest absolute Gasteiger partial charge is 0.378 e. The fourth-order valence-corrected chi connectivity index (χ4v) is 4.13. The molecule has 0 aliphatic carbocycles. The monoisotopic (exact) mass is 357 g/mol. The van der Waals surface area contributed by atoms with E-state index in [1.807, 2.05) is 95.9 Å². The molecule has 3 aromatic carbocycles. The van der Waals surface area contributed by atoms with Crippen LogP contribution in [0.15, 0.2) is 91.0 Å². The molecule has 3 heteroatoms. The van der Waals surface area contributed by atoms with E-state index in [1.165, 1.54) is 0 Å². The fourth-order valence-electron chi connectivity index (χ4n) is 4.13. The molecule has 1 aliphatic heterocycles. The fraction of sp³-hybridized carbons (Fsp3) is 0.208. The normalized spacial score (nSPS) is 17.1. The summed E-state index contributed by atoms with van der Waals surface area (Å²) in [5, 5.41) is 12.0. The Bertz CT molecular complexity index is 854. The molecule has 136 valence electrons. The molecule has 0 aromatic heterocycles. The zero-order valence-corrected chi connectivity index (χ0v) is 15.2. The second-order valence-corrected chi connectivity index (χ2v) is 7.02. The van der Waals surface area contributed by atoms with Gasteiger partial charge < -0.3 is 10.0 Å². The molecule has 3 nitrogen and oxygen atoms in total. The topological polar surface area (TPSA) is 40.5 Å². The van der Waals surface area contributed by atoms with E-state index in [2.05, 4.69) is 0 Å². The van der Waals surface area contributed by atoms with Gasteiger partial charge in [-0.25, -0.2) is 0 Å². The number of aliphatic hydroxyl groups is 1. The van der Waals surface area contributed by atoms with Gasteiger partial charge in [-0.05, 0) is 36.1 Å². The highest BCUT2D eigenvalue weighted by Gasteiger charge is 2.47. The molecule has 3 aromatic rings. The predicted molar refractivity (Wildman–Crippen MR) is 106 cm³/mol.